The van der Waals surface area contributed by atoms with E-state index in [9.17, 15) is 0 Å². The van der Waals surface area contributed by atoms with Crippen molar-refractivity contribution >= 4 is 74.3 Å². The highest BCUT2D eigenvalue weighted by molar-refractivity contribution is 7.00. The van der Waals surface area contributed by atoms with E-state index in [1.165, 1.54) is 78.3 Å². The van der Waals surface area contributed by atoms with Crippen molar-refractivity contribution in [3.05, 3.63) is 179 Å². The van der Waals surface area contributed by atoms with Crippen molar-refractivity contribution in [2.75, 3.05) is 14.7 Å². The van der Waals surface area contributed by atoms with Gasteiger partial charge in [0.15, 0.2) is 0 Å². The average molecular weight is 780 g/mol. The SMILES string of the molecule is CC1(C)Cc2cccc(N3c4ccc(N(c5ccccc5)c5ccccc5)cc4B4c5ccc(C(C)(C)C)cc5N(c5cccc6c5CC(C)(C)C6)c5cccc3c54)c2C1. The molecule has 0 saturated heterocycles. The largest absolute Gasteiger partial charge is 0.311 e. The molecule has 60 heavy (non-hydrogen) atoms. The van der Waals surface area contributed by atoms with Crippen LogP contribution in [0.25, 0.3) is 0 Å². The molecule has 0 bridgehead atoms. The molecule has 7 aromatic carbocycles. The van der Waals surface area contributed by atoms with Crippen molar-refractivity contribution in [2.45, 2.75) is 79.6 Å². The van der Waals surface area contributed by atoms with E-state index < -0.39 is 0 Å². The maximum atomic E-state index is 2.66. The molecule has 0 spiro atoms. The van der Waals surface area contributed by atoms with Crippen molar-refractivity contribution in [1.82, 2.24) is 0 Å². The maximum Gasteiger partial charge on any atom is 0.252 e. The van der Waals surface area contributed by atoms with Gasteiger partial charge in [-0.3, -0.25) is 0 Å². The van der Waals surface area contributed by atoms with Crippen LogP contribution in [0.1, 0.15) is 76.3 Å². The van der Waals surface area contributed by atoms with Crippen LogP contribution in [-0.2, 0) is 31.1 Å². The molecular weight excluding hydrogens is 725 g/mol. The van der Waals surface area contributed by atoms with Crippen molar-refractivity contribution in [1.29, 1.82) is 0 Å². The highest BCUT2D eigenvalue weighted by Crippen LogP contribution is 2.51. The standard InChI is InChI=1S/C56H54BN3/c1-54(2,3)39-27-29-45-52(31-39)60(48-24-15-18-38-34-56(6,7)36-44(38)48)51-26-16-25-50-53(51)57(45)46-32-42(58(40-19-10-8-11-20-40)41-21-12-9-13-22-41)28-30-49(46)59(50)47-23-14-17-37-33-55(4,5)35-43(37)47/h8-32H,33-36H2,1-7H3. The third-order valence-electron chi connectivity index (χ3n) is 13.8. The van der Waals surface area contributed by atoms with E-state index in [2.05, 4.69) is 215 Å². The van der Waals surface area contributed by atoms with Gasteiger partial charge in [-0.1, -0.05) is 127 Å². The molecule has 2 heterocycles. The third kappa shape index (κ3) is 5.86. The van der Waals surface area contributed by atoms with E-state index in [4.69, 9.17) is 0 Å². The predicted octanol–water partition coefficient (Wildman–Crippen LogP) is 12.8. The van der Waals surface area contributed by atoms with E-state index in [1.807, 2.05) is 0 Å². The monoisotopic (exact) mass is 779 g/mol. The van der Waals surface area contributed by atoms with Gasteiger partial charge in [0, 0.05) is 51.2 Å². The number of anilines is 9. The lowest BCUT2D eigenvalue weighted by molar-refractivity contribution is 0.392. The normalized spacial score (nSPS) is 16.5. The summed E-state index contributed by atoms with van der Waals surface area (Å²) in [7, 11) is 0. The molecule has 7 aromatic rings. The first-order valence-corrected chi connectivity index (χ1v) is 22.0. The Morgan fingerprint density at radius 2 is 0.967 bits per heavy atom. The fourth-order valence-corrected chi connectivity index (χ4v) is 11.2. The Balaban J connectivity index is 1.22. The maximum absolute atomic E-state index is 2.66. The first-order chi connectivity index (χ1) is 28.9. The summed E-state index contributed by atoms with van der Waals surface area (Å²) in [6.07, 6.45) is 4.34. The van der Waals surface area contributed by atoms with Gasteiger partial charge in [0.25, 0.3) is 6.71 Å². The molecule has 0 fully saturated rings. The lowest BCUT2D eigenvalue weighted by Crippen LogP contribution is -2.61. The average Bonchev–Trinajstić information content (AvgIpc) is 3.74. The Morgan fingerprint density at radius 1 is 0.450 bits per heavy atom. The topological polar surface area (TPSA) is 9.72 Å². The van der Waals surface area contributed by atoms with Gasteiger partial charge >= 0.3 is 0 Å². The molecule has 0 amide bonds. The van der Waals surface area contributed by atoms with Crippen LogP contribution < -0.4 is 31.1 Å². The van der Waals surface area contributed by atoms with Crippen LogP contribution >= 0.6 is 0 Å². The first-order valence-electron chi connectivity index (χ1n) is 22.0. The Kier molecular flexibility index (Phi) is 8.18. The molecule has 0 N–H and O–H groups in total. The molecular formula is C56H54BN3. The van der Waals surface area contributed by atoms with Crippen molar-refractivity contribution in [3.8, 4) is 0 Å². The number of hydrogen-bond acceptors (Lipinski definition) is 3. The molecule has 4 aliphatic rings. The van der Waals surface area contributed by atoms with E-state index in [0.717, 1.165) is 42.7 Å². The Hall–Kier alpha value is -6.00. The minimum absolute atomic E-state index is 0.00870. The zero-order chi connectivity index (χ0) is 41.1. The smallest absolute Gasteiger partial charge is 0.252 e. The summed E-state index contributed by atoms with van der Waals surface area (Å²) >= 11 is 0. The number of nitrogens with zero attached hydrogens (tertiary/aromatic N) is 3. The van der Waals surface area contributed by atoms with Gasteiger partial charge in [0.2, 0.25) is 0 Å². The molecule has 296 valence electrons. The fourth-order valence-electron chi connectivity index (χ4n) is 11.2. The summed E-state index contributed by atoms with van der Waals surface area (Å²) in [6, 6.07) is 57.6. The molecule has 0 saturated carbocycles. The van der Waals surface area contributed by atoms with Crippen LogP contribution in [0, 0.1) is 10.8 Å². The van der Waals surface area contributed by atoms with Crippen molar-refractivity contribution < 1.29 is 0 Å². The number of hydrogen-bond donors (Lipinski definition) is 0. The molecule has 2 aliphatic carbocycles. The van der Waals surface area contributed by atoms with E-state index >= 15 is 0 Å². The van der Waals surface area contributed by atoms with Crippen LogP contribution in [0.5, 0.6) is 0 Å². The van der Waals surface area contributed by atoms with Gasteiger partial charge < -0.3 is 14.7 Å². The van der Waals surface area contributed by atoms with E-state index in [-0.39, 0.29) is 23.0 Å². The summed E-state index contributed by atoms with van der Waals surface area (Å²) < 4.78 is 0. The van der Waals surface area contributed by atoms with Crippen LogP contribution in [-0.4, -0.2) is 6.71 Å². The highest BCUT2D eigenvalue weighted by atomic mass is 15.2. The quantitative estimate of drug-likeness (QED) is 0.161. The number of benzene rings is 7. The molecule has 11 rings (SSSR count). The second-order valence-electron chi connectivity index (χ2n) is 20.5. The Labute approximate surface area is 357 Å². The van der Waals surface area contributed by atoms with Gasteiger partial charge in [0.05, 0.1) is 0 Å². The van der Waals surface area contributed by atoms with Crippen LogP contribution in [0.2, 0.25) is 0 Å². The summed E-state index contributed by atoms with van der Waals surface area (Å²) in [4.78, 5) is 7.71. The van der Waals surface area contributed by atoms with Gasteiger partial charge in [-0.05, 0) is 159 Å². The van der Waals surface area contributed by atoms with E-state index in [1.54, 1.807) is 0 Å². The van der Waals surface area contributed by atoms with Gasteiger partial charge in [0.1, 0.15) is 0 Å². The molecule has 4 heteroatoms. The molecule has 0 aromatic heterocycles. The minimum Gasteiger partial charge on any atom is -0.311 e. The first kappa shape index (κ1) is 37.0. The lowest BCUT2D eigenvalue weighted by Gasteiger charge is -2.45. The summed E-state index contributed by atoms with van der Waals surface area (Å²) in [5, 5.41) is 0. The fraction of sp³-hybridized carbons (Fsp3) is 0.250. The summed E-state index contributed by atoms with van der Waals surface area (Å²) in [6.45, 7) is 16.8. The highest BCUT2D eigenvalue weighted by Gasteiger charge is 2.45. The van der Waals surface area contributed by atoms with Gasteiger partial charge in [-0.2, -0.15) is 0 Å². The lowest BCUT2D eigenvalue weighted by atomic mass is 9.33. The van der Waals surface area contributed by atoms with Crippen molar-refractivity contribution in [3.63, 3.8) is 0 Å². The number of rotatable bonds is 5. The predicted molar refractivity (Wildman–Crippen MR) is 256 cm³/mol. The second-order valence-corrected chi connectivity index (χ2v) is 20.5. The van der Waals surface area contributed by atoms with Crippen LogP contribution in [0.15, 0.2) is 152 Å². The number of fused-ring (bicyclic) bond motifs is 6. The Morgan fingerprint density at radius 3 is 1.52 bits per heavy atom. The summed E-state index contributed by atoms with van der Waals surface area (Å²) in [5.41, 5.74) is 23.0. The van der Waals surface area contributed by atoms with Gasteiger partial charge in [-0.25, -0.2) is 0 Å². The second kappa shape index (κ2) is 13.3. The van der Waals surface area contributed by atoms with Crippen molar-refractivity contribution in [2.24, 2.45) is 10.8 Å². The minimum atomic E-state index is -0.00870. The van der Waals surface area contributed by atoms with Crippen LogP contribution in [0.3, 0.4) is 0 Å². The molecule has 0 radical (unpaired) electrons. The van der Waals surface area contributed by atoms with Crippen LogP contribution in [0.4, 0.5) is 51.2 Å². The Bertz CT molecular complexity index is 2790. The third-order valence-corrected chi connectivity index (χ3v) is 13.8. The van der Waals surface area contributed by atoms with Gasteiger partial charge in [-0.15, -0.1) is 0 Å². The molecule has 0 atom stereocenters. The van der Waals surface area contributed by atoms with E-state index in [0.29, 0.717) is 0 Å². The zero-order valence-corrected chi connectivity index (χ0v) is 36.2. The summed E-state index contributed by atoms with van der Waals surface area (Å²) in [5.74, 6) is 0. The molecule has 0 unspecified atom stereocenters. The number of para-hydroxylation sites is 2. The molecule has 2 aliphatic heterocycles. The molecule has 3 nitrogen and oxygen atoms in total. The zero-order valence-electron chi connectivity index (χ0n) is 36.2.